The van der Waals surface area contributed by atoms with Crippen LogP contribution >= 0.6 is 0 Å². The molecule has 1 aliphatic carbocycles. The second-order valence-corrected chi connectivity index (χ2v) is 15.4. The van der Waals surface area contributed by atoms with E-state index in [9.17, 15) is 15.0 Å². The molecule has 0 radical (unpaired) electrons. The summed E-state index contributed by atoms with van der Waals surface area (Å²) in [5.74, 6) is -1.76. The lowest BCUT2D eigenvalue weighted by Crippen LogP contribution is -2.47. The molecule has 0 saturated carbocycles. The van der Waals surface area contributed by atoms with Crippen LogP contribution in [0.1, 0.15) is 112 Å². The van der Waals surface area contributed by atoms with Gasteiger partial charge in [-0.05, 0) is 67.6 Å². The van der Waals surface area contributed by atoms with Crippen molar-refractivity contribution in [2.45, 2.75) is 106 Å². The second kappa shape index (κ2) is 9.77. The number of aliphatic carboxylic acids is 1. The van der Waals surface area contributed by atoms with Crippen molar-refractivity contribution in [2.75, 3.05) is 0 Å². The highest BCUT2D eigenvalue weighted by Gasteiger charge is 2.55. The summed E-state index contributed by atoms with van der Waals surface area (Å²) in [4.78, 5) is 13.3. The third-order valence-electron chi connectivity index (χ3n) is 8.01. The van der Waals surface area contributed by atoms with Gasteiger partial charge in [0.15, 0.2) is 0 Å². The maximum Gasteiger partial charge on any atom is 0.315 e. The lowest BCUT2D eigenvalue weighted by Gasteiger charge is -2.52. The fourth-order valence-electron chi connectivity index (χ4n) is 6.88. The Morgan fingerprint density at radius 2 is 1.10 bits per heavy atom. The molecule has 0 spiro atoms. The Morgan fingerprint density at radius 3 is 1.54 bits per heavy atom. The highest BCUT2D eigenvalue weighted by atomic mass is 16.4. The molecule has 0 bridgehead atoms. The Bertz CT molecular complexity index is 1330. The minimum Gasteiger partial charge on any atom is -0.481 e. The summed E-state index contributed by atoms with van der Waals surface area (Å²) in [5, 5.41) is 24.4. The van der Waals surface area contributed by atoms with Gasteiger partial charge in [0, 0.05) is 0 Å². The molecule has 3 nitrogen and oxygen atoms in total. The maximum absolute atomic E-state index is 13.6. The molecule has 2 atom stereocenters. The Balaban J connectivity index is 2.75. The Hall–Kier alpha value is -2.65. The topological polar surface area (TPSA) is 57.5 Å². The first-order valence-electron chi connectivity index (χ1n) is 14.2. The van der Waals surface area contributed by atoms with Crippen LogP contribution in [0.15, 0.2) is 65.3 Å². The van der Waals surface area contributed by atoms with Crippen molar-refractivity contribution in [3.8, 4) is 0 Å². The van der Waals surface area contributed by atoms with E-state index in [-0.39, 0.29) is 10.8 Å². The average Bonchev–Trinajstić information content (AvgIpc) is 2.75. The molecule has 3 heteroatoms. The third kappa shape index (κ3) is 5.40. The fraction of sp³-hybridized carbons (Fsp3) is 0.528. The van der Waals surface area contributed by atoms with E-state index in [4.69, 9.17) is 0 Å². The molecule has 39 heavy (non-hydrogen) atoms. The molecule has 0 aliphatic heterocycles. The summed E-state index contributed by atoms with van der Waals surface area (Å²) >= 11 is 0. The molecule has 2 N–H and O–H groups in total. The summed E-state index contributed by atoms with van der Waals surface area (Å²) in [5.41, 5.74) is 3.84. The molecule has 0 saturated heterocycles. The number of carboxylic acid groups (broad SMARTS) is 1. The fourth-order valence-corrected chi connectivity index (χ4v) is 6.88. The van der Waals surface area contributed by atoms with E-state index in [1.54, 1.807) is 0 Å². The minimum atomic E-state index is -1.50. The van der Waals surface area contributed by atoms with E-state index < -0.39 is 28.3 Å². The first kappa shape index (κ1) is 30.9. The van der Waals surface area contributed by atoms with Crippen LogP contribution < -0.4 is 0 Å². The van der Waals surface area contributed by atoms with E-state index in [1.807, 2.05) is 43.3 Å². The zero-order chi connectivity index (χ0) is 29.9. The van der Waals surface area contributed by atoms with Gasteiger partial charge < -0.3 is 10.2 Å². The monoisotopic (exact) mass is 530 g/mol. The maximum atomic E-state index is 13.6. The molecule has 2 aromatic rings. The molecule has 3 rings (SSSR count). The summed E-state index contributed by atoms with van der Waals surface area (Å²) in [6, 6.07) is 16.3. The van der Waals surface area contributed by atoms with Crippen LogP contribution in [-0.2, 0) is 21.2 Å². The number of hydrogen-bond donors (Lipinski definition) is 2. The number of aliphatic hydroxyl groups is 1. The predicted molar refractivity (Wildman–Crippen MR) is 164 cm³/mol. The first-order valence-corrected chi connectivity index (χ1v) is 14.2. The van der Waals surface area contributed by atoms with Gasteiger partial charge in [-0.3, -0.25) is 4.79 Å². The van der Waals surface area contributed by atoms with Crippen LogP contribution in [0.5, 0.6) is 0 Å². The first-order chi connectivity index (χ1) is 17.6. The summed E-state index contributed by atoms with van der Waals surface area (Å²) in [6.45, 7) is 27.5. The van der Waals surface area contributed by atoms with Crippen molar-refractivity contribution in [3.05, 3.63) is 87.5 Å². The van der Waals surface area contributed by atoms with E-state index in [2.05, 4.69) is 95.2 Å². The van der Waals surface area contributed by atoms with Crippen molar-refractivity contribution < 1.29 is 15.0 Å². The molecular formula is C36H50O3. The smallest absolute Gasteiger partial charge is 0.315 e. The van der Waals surface area contributed by atoms with E-state index in [1.165, 1.54) is 0 Å². The van der Waals surface area contributed by atoms with Crippen LogP contribution in [0.2, 0.25) is 0 Å². The number of carbonyl (C=O) groups is 1. The SMILES string of the molecule is CC1=C(C(C)(C)C)C(O)(c2ccccc2C(C)(C)C)C(C(C)(C)C)=C(c2ccccc2C(C)(C)C)C1C(=O)O. The molecule has 0 amide bonds. The van der Waals surface area contributed by atoms with Gasteiger partial charge in [-0.15, -0.1) is 0 Å². The van der Waals surface area contributed by atoms with E-state index in [0.717, 1.165) is 39.0 Å². The Morgan fingerprint density at radius 1 is 0.667 bits per heavy atom. The Kier molecular flexibility index (Phi) is 7.73. The van der Waals surface area contributed by atoms with Gasteiger partial charge in [0.1, 0.15) is 11.5 Å². The number of rotatable bonds is 3. The van der Waals surface area contributed by atoms with Gasteiger partial charge >= 0.3 is 5.97 Å². The number of carboxylic acids is 1. The second-order valence-electron chi connectivity index (χ2n) is 15.4. The number of benzene rings is 2. The van der Waals surface area contributed by atoms with Crippen molar-refractivity contribution in [1.82, 2.24) is 0 Å². The van der Waals surface area contributed by atoms with Gasteiger partial charge in [-0.1, -0.05) is 137 Å². The molecule has 2 unspecified atom stereocenters. The normalized spacial score (nSPS) is 21.4. The van der Waals surface area contributed by atoms with Gasteiger partial charge in [0.25, 0.3) is 0 Å². The molecule has 212 valence electrons. The summed E-state index contributed by atoms with van der Waals surface area (Å²) in [6.07, 6.45) is 0. The van der Waals surface area contributed by atoms with E-state index >= 15 is 0 Å². The van der Waals surface area contributed by atoms with Crippen molar-refractivity contribution >= 4 is 11.5 Å². The molecule has 1 aliphatic rings. The highest BCUT2D eigenvalue weighted by molar-refractivity contribution is 5.96. The summed E-state index contributed by atoms with van der Waals surface area (Å²) < 4.78 is 0. The zero-order valence-electron chi connectivity index (χ0n) is 26.5. The van der Waals surface area contributed by atoms with Crippen LogP contribution in [0, 0.1) is 16.7 Å². The Labute approximate surface area is 237 Å². The molecule has 2 aromatic carbocycles. The average molecular weight is 531 g/mol. The van der Waals surface area contributed by atoms with Crippen molar-refractivity contribution in [1.29, 1.82) is 0 Å². The van der Waals surface area contributed by atoms with Gasteiger partial charge in [0.2, 0.25) is 0 Å². The van der Waals surface area contributed by atoms with Gasteiger partial charge in [-0.25, -0.2) is 0 Å². The summed E-state index contributed by atoms with van der Waals surface area (Å²) in [7, 11) is 0. The minimum absolute atomic E-state index is 0.223. The molecular weight excluding hydrogens is 480 g/mol. The van der Waals surface area contributed by atoms with E-state index in [0.29, 0.717) is 5.57 Å². The third-order valence-corrected chi connectivity index (χ3v) is 8.01. The quantitative estimate of drug-likeness (QED) is 0.389. The largest absolute Gasteiger partial charge is 0.481 e. The van der Waals surface area contributed by atoms with Crippen molar-refractivity contribution in [2.24, 2.45) is 16.7 Å². The van der Waals surface area contributed by atoms with Gasteiger partial charge in [-0.2, -0.15) is 0 Å². The predicted octanol–water partition coefficient (Wildman–Crippen LogP) is 9.05. The highest BCUT2D eigenvalue weighted by Crippen LogP contribution is 2.61. The van der Waals surface area contributed by atoms with Crippen LogP contribution in [0.3, 0.4) is 0 Å². The lowest BCUT2D eigenvalue weighted by molar-refractivity contribution is -0.138. The van der Waals surface area contributed by atoms with Crippen LogP contribution in [0.25, 0.3) is 5.57 Å². The molecule has 0 fully saturated rings. The molecule has 0 heterocycles. The standard InChI is InChI=1S/C36H50O3/c1-22-27(31(37)38)28(23-18-14-15-19-24(23)32(2,3)4)30(35(11,12)13)36(39,29(22)34(8,9)10)26-21-17-16-20-25(26)33(5,6)7/h14-21,27,39H,1-13H3,(H,37,38). The van der Waals surface area contributed by atoms with Crippen LogP contribution in [-0.4, -0.2) is 16.2 Å². The lowest BCUT2D eigenvalue weighted by atomic mass is 9.54. The number of hydrogen-bond acceptors (Lipinski definition) is 2. The molecule has 0 aromatic heterocycles. The zero-order valence-corrected chi connectivity index (χ0v) is 26.5. The van der Waals surface area contributed by atoms with Crippen LogP contribution in [0.4, 0.5) is 0 Å². The van der Waals surface area contributed by atoms with Gasteiger partial charge in [0.05, 0.1) is 0 Å². The van der Waals surface area contributed by atoms with Crippen molar-refractivity contribution in [3.63, 3.8) is 0 Å².